The molecular formula is C18H38NNaO4. The SMILES string of the molecule is CCC(=O)O.CCCCCCCCCCCCNCCC(=O)O.[H-].[Na+]. The molecule has 0 heterocycles. The van der Waals surface area contributed by atoms with Crippen LogP contribution in [0, 0.1) is 0 Å². The van der Waals surface area contributed by atoms with Crippen molar-refractivity contribution in [1.82, 2.24) is 5.32 Å². The molecule has 0 atom stereocenters. The normalized spacial score (nSPS) is 9.58. The van der Waals surface area contributed by atoms with Crippen LogP contribution in [0.25, 0.3) is 0 Å². The largest absolute Gasteiger partial charge is 1.00 e. The van der Waals surface area contributed by atoms with E-state index in [1.807, 2.05) is 0 Å². The third-order valence-corrected chi connectivity index (χ3v) is 3.53. The van der Waals surface area contributed by atoms with Gasteiger partial charge in [0.05, 0.1) is 6.42 Å². The molecule has 0 radical (unpaired) electrons. The average Bonchev–Trinajstić information content (AvgIpc) is 2.52. The smallest absolute Gasteiger partial charge is 1.00 e. The first kappa shape index (κ1) is 28.7. The van der Waals surface area contributed by atoms with Crippen LogP contribution in [0.2, 0.25) is 0 Å². The van der Waals surface area contributed by atoms with Crippen molar-refractivity contribution in [3.63, 3.8) is 0 Å². The molecule has 24 heavy (non-hydrogen) atoms. The third-order valence-electron chi connectivity index (χ3n) is 3.53. The Hall–Kier alpha value is -0.100. The van der Waals surface area contributed by atoms with Crippen LogP contribution in [0.5, 0.6) is 0 Å². The Kier molecular flexibility index (Phi) is 30.1. The Morgan fingerprint density at radius 2 is 1.17 bits per heavy atom. The second kappa shape index (κ2) is 25.1. The topological polar surface area (TPSA) is 86.6 Å². The molecule has 0 amide bonds. The van der Waals surface area contributed by atoms with Gasteiger partial charge in [-0.25, -0.2) is 0 Å². The number of rotatable bonds is 15. The minimum Gasteiger partial charge on any atom is -1.00 e. The van der Waals surface area contributed by atoms with Gasteiger partial charge in [-0.2, -0.15) is 0 Å². The summed E-state index contributed by atoms with van der Waals surface area (Å²) in [7, 11) is 0. The van der Waals surface area contributed by atoms with Crippen molar-refractivity contribution in [2.24, 2.45) is 0 Å². The monoisotopic (exact) mass is 355 g/mol. The molecule has 0 aliphatic rings. The summed E-state index contributed by atoms with van der Waals surface area (Å²) in [5.41, 5.74) is 0. The van der Waals surface area contributed by atoms with E-state index in [0.717, 1.165) is 6.54 Å². The fraction of sp³-hybridized carbons (Fsp3) is 0.889. The van der Waals surface area contributed by atoms with Crippen LogP contribution in [-0.2, 0) is 9.59 Å². The molecule has 0 aliphatic heterocycles. The van der Waals surface area contributed by atoms with Crippen LogP contribution < -0.4 is 34.9 Å². The number of unbranched alkanes of at least 4 members (excludes halogenated alkanes) is 9. The summed E-state index contributed by atoms with van der Waals surface area (Å²) in [4.78, 5) is 19.6. The van der Waals surface area contributed by atoms with Crippen molar-refractivity contribution in [3.05, 3.63) is 0 Å². The van der Waals surface area contributed by atoms with Gasteiger partial charge >= 0.3 is 41.5 Å². The van der Waals surface area contributed by atoms with Crippen molar-refractivity contribution in [3.8, 4) is 0 Å². The summed E-state index contributed by atoms with van der Waals surface area (Å²) in [6.07, 6.45) is 13.9. The van der Waals surface area contributed by atoms with Gasteiger partial charge in [0.25, 0.3) is 0 Å². The number of hydrogen-bond acceptors (Lipinski definition) is 3. The quantitative estimate of drug-likeness (QED) is 0.307. The van der Waals surface area contributed by atoms with E-state index < -0.39 is 11.9 Å². The minimum atomic E-state index is -0.745. The number of carboxylic acid groups (broad SMARTS) is 2. The Balaban J connectivity index is -0.000000276. The van der Waals surface area contributed by atoms with Crippen LogP contribution >= 0.6 is 0 Å². The van der Waals surface area contributed by atoms with Crippen molar-refractivity contribution in [2.75, 3.05) is 13.1 Å². The third kappa shape index (κ3) is 33.5. The van der Waals surface area contributed by atoms with Crippen molar-refractivity contribution in [2.45, 2.75) is 90.9 Å². The molecule has 0 aliphatic carbocycles. The van der Waals surface area contributed by atoms with Crippen molar-refractivity contribution < 1.29 is 50.8 Å². The van der Waals surface area contributed by atoms with E-state index in [9.17, 15) is 9.59 Å². The average molecular weight is 355 g/mol. The second-order valence-electron chi connectivity index (χ2n) is 5.82. The summed E-state index contributed by atoms with van der Waals surface area (Å²) < 4.78 is 0. The molecular weight excluding hydrogens is 317 g/mol. The predicted molar refractivity (Wildman–Crippen MR) is 96.0 cm³/mol. The van der Waals surface area contributed by atoms with Gasteiger partial charge in [0.15, 0.2) is 0 Å². The van der Waals surface area contributed by atoms with E-state index in [0.29, 0.717) is 6.54 Å². The molecule has 140 valence electrons. The standard InChI is InChI=1S/C15H31NO2.C3H6O2.Na.H/c1-2-3-4-5-6-7-8-9-10-11-13-16-14-12-15(17)18;1-2-3(4)5;;/h16H,2-14H2,1H3,(H,17,18);2H2,1H3,(H,4,5);;/q;;+1;-1. The first-order valence-corrected chi connectivity index (χ1v) is 9.18. The maximum Gasteiger partial charge on any atom is 1.00 e. The fourth-order valence-electron chi connectivity index (χ4n) is 2.06. The Labute approximate surface area is 171 Å². The second-order valence-corrected chi connectivity index (χ2v) is 5.82. The molecule has 0 unspecified atom stereocenters. The molecule has 0 saturated heterocycles. The van der Waals surface area contributed by atoms with E-state index in [1.165, 1.54) is 64.2 Å². The Morgan fingerprint density at radius 1 is 0.750 bits per heavy atom. The molecule has 0 saturated carbocycles. The first-order valence-electron chi connectivity index (χ1n) is 9.18. The predicted octanol–water partition coefficient (Wildman–Crippen LogP) is 1.57. The van der Waals surface area contributed by atoms with Crippen LogP contribution in [0.1, 0.15) is 92.3 Å². The van der Waals surface area contributed by atoms with E-state index in [2.05, 4.69) is 12.2 Å². The number of hydrogen-bond donors (Lipinski definition) is 3. The minimum absolute atomic E-state index is 0. The van der Waals surface area contributed by atoms with Gasteiger partial charge in [-0.1, -0.05) is 71.6 Å². The van der Waals surface area contributed by atoms with Crippen LogP contribution in [0.4, 0.5) is 0 Å². The van der Waals surface area contributed by atoms with E-state index >= 15 is 0 Å². The molecule has 0 fully saturated rings. The number of aliphatic carboxylic acids is 2. The molecule has 0 spiro atoms. The van der Waals surface area contributed by atoms with Gasteiger partial charge in [-0.05, 0) is 13.0 Å². The van der Waals surface area contributed by atoms with E-state index in [1.54, 1.807) is 6.92 Å². The molecule has 0 aromatic carbocycles. The molecule has 0 aromatic heterocycles. The maximum atomic E-state index is 10.3. The van der Waals surface area contributed by atoms with Crippen molar-refractivity contribution in [1.29, 1.82) is 0 Å². The molecule has 5 nitrogen and oxygen atoms in total. The molecule has 0 aromatic rings. The molecule has 6 heteroatoms. The number of carboxylic acids is 2. The summed E-state index contributed by atoms with van der Waals surface area (Å²) in [6, 6.07) is 0. The zero-order valence-electron chi connectivity index (χ0n) is 17.1. The zero-order chi connectivity index (χ0) is 17.8. The van der Waals surface area contributed by atoms with Gasteiger partial charge in [0.2, 0.25) is 0 Å². The van der Waals surface area contributed by atoms with Crippen LogP contribution in [0.15, 0.2) is 0 Å². The number of carbonyl (C=O) groups is 2. The molecule has 3 N–H and O–H groups in total. The van der Waals surface area contributed by atoms with E-state index in [4.69, 9.17) is 10.2 Å². The van der Waals surface area contributed by atoms with Crippen molar-refractivity contribution >= 4 is 11.9 Å². The zero-order valence-corrected chi connectivity index (χ0v) is 18.1. The number of nitrogens with one attached hydrogen (secondary N) is 1. The molecule has 0 bridgehead atoms. The van der Waals surface area contributed by atoms with Gasteiger partial charge in [0, 0.05) is 13.0 Å². The van der Waals surface area contributed by atoms with Gasteiger partial charge in [0.1, 0.15) is 0 Å². The van der Waals surface area contributed by atoms with Crippen LogP contribution in [0.3, 0.4) is 0 Å². The first-order chi connectivity index (χ1) is 11.0. The summed E-state index contributed by atoms with van der Waals surface area (Å²) in [5, 5.41) is 19.3. The Morgan fingerprint density at radius 3 is 1.54 bits per heavy atom. The summed E-state index contributed by atoms with van der Waals surface area (Å²) >= 11 is 0. The van der Waals surface area contributed by atoms with Gasteiger partial charge in [-0.15, -0.1) is 0 Å². The van der Waals surface area contributed by atoms with Gasteiger partial charge < -0.3 is 17.0 Å². The maximum absolute atomic E-state index is 10.3. The molecule has 0 rings (SSSR count). The fourth-order valence-corrected chi connectivity index (χ4v) is 2.06. The summed E-state index contributed by atoms with van der Waals surface area (Å²) in [5.74, 6) is -1.46. The van der Waals surface area contributed by atoms with Crippen LogP contribution in [-0.4, -0.2) is 35.2 Å². The van der Waals surface area contributed by atoms with Gasteiger partial charge in [-0.3, -0.25) is 9.59 Å². The van der Waals surface area contributed by atoms with E-state index in [-0.39, 0.29) is 43.8 Å². The summed E-state index contributed by atoms with van der Waals surface area (Å²) in [6.45, 7) is 5.42. The Bertz CT molecular complexity index is 282.